The third-order valence-electron chi connectivity index (χ3n) is 2.88. The Kier molecular flexibility index (Phi) is 2.13. The minimum absolute atomic E-state index is 0.153. The number of aromatic nitrogens is 1. The molecule has 1 aromatic heterocycles. The van der Waals surface area contributed by atoms with Crippen molar-refractivity contribution in [2.24, 2.45) is 0 Å². The first-order chi connectivity index (χ1) is 7.86. The topological polar surface area (TPSA) is 42.4 Å². The monoisotopic (exact) mass is 216 g/mol. The van der Waals surface area contributed by atoms with Crippen molar-refractivity contribution in [1.29, 1.82) is 0 Å². The molecular formula is C12H12N2O2. The predicted octanol–water partition coefficient (Wildman–Crippen LogP) is 1.61. The molecule has 1 saturated heterocycles. The third kappa shape index (κ3) is 1.38. The Balaban J connectivity index is 2.08. The number of carbonyl (C=O) groups is 1. The first kappa shape index (κ1) is 9.39. The largest absolute Gasteiger partial charge is 0.489 e. The van der Waals surface area contributed by atoms with Gasteiger partial charge in [0.05, 0.1) is 5.56 Å². The number of carbonyl (C=O) groups excluding carboxylic acids is 1. The van der Waals surface area contributed by atoms with E-state index in [1.54, 1.807) is 11.1 Å². The molecule has 82 valence electrons. The lowest BCUT2D eigenvalue weighted by Crippen LogP contribution is -2.26. The van der Waals surface area contributed by atoms with E-state index in [9.17, 15) is 4.79 Å². The second-order valence-corrected chi connectivity index (χ2v) is 3.91. The molecule has 0 saturated carbocycles. The van der Waals surface area contributed by atoms with Gasteiger partial charge in [-0.25, -0.2) is 4.98 Å². The van der Waals surface area contributed by atoms with Crippen LogP contribution in [0.1, 0.15) is 18.4 Å². The summed E-state index contributed by atoms with van der Waals surface area (Å²) in [7, 11) is 0. The molecule has 0 N–H and O–H groups in total. The zero-order valence-corrected chi connectivity index (χ0v) is 8.85. The maximum Gasteiger partial charge on any atom is 0.228 e. The first-order valence-electron chi connectivity index (χ1n) is 5.45. The van der Waals surface area contributed by atoms with Gasteiger partial charge in [0.2, 0.25) is 5.91 Å². The van der Waals surface area contributed by atoms with Crippen LogP contribution >= 0.6 is 0 Å². The second kappa shape index (κ2) is 3.63. The summed E-state index contributed by atoms with van der Waals surface area (Å²) in [5.41, 5.74) is 0.920. The van der Waals surface area contributed by atoms with E-state index in [2.05, 4.69) is 4.98 Å². The SMILES string of the molecule is O=C1CCCN1c1nccc2c1C=CCO2. The van der Waals surface area contributed by atoms with Gasteiger partial charge in [0, 0.05) is 19.2 Å². The van der Waals surface area contributed by atoms with Crippen molar-refractivity contribution in [3.8, 4) is 5.75 Å². The highest BCUT2D eigenvalue weighted by molar-refractivity contribution is 5.96. The van der Waals surface area contributed by atoms with Gasteiger partial charge in [-0.05, 0) is 24.6 Å². The van der Waals surface area contributed by atoms with Crippen LogP contribution in [0.2, 0.25) is 0 Å². The fraction of sp³-hybridized carbons (Fsp3) is 0.333. The summed E-state index contributed by atoms with van der Waals surface area (Å²) in [5.74, 6) is 1.70. The van der Waals surface area contributed by atoms with Gasteiger partial charge in [-0.1, -0.05) is 0 Å². The highest BCUT2D eigenvalue weighted by atomic mass is 16.5. The molecule has 0 bridgehead atoms. The van der Waals surface area contributed by atoms with Gasteiger partial charge in [-0.3, -0.25) is 9.69 Å². The van der Waals surface area contributed by atoms with E-state index in [-0.39, 0.29) is 5.91 Å². The molecule has 0 aromatic carbocycles. The lowest BCUT2D eigenvalue weighted by atomic mass is 10.2. The predicted molar refractivity (Wildman–Crippen MR) is 60.4 cm³/mol. The Bertz CT molecular complexity index is 468. The fourth-order valence-corrected chi connectivity index (χ4v) is 2.12. The first-order valence-corrected chi connectivity index (χ1v) is 5.45. The summed E-state index contributed by atoms with van der Waals surface area (Å²) >= 11 is 0. The summed E-state index contributed by atoms with van der Waals surface area (Å²) in [5, 5.41) is 0. The van der Waals surface area contributed by atoms with Gasteiger partial charge in [-0.15, -0.1) is 0 Å². The van der Waals surface area contributed by atoms with E-state index in [0.717, 1.165) is 30.1 Å². The zero-order chi connectivity index (χ0) is 11.0. The summed E-state index contributed by atoms with van der Waals surface area (Å²) in [6, 6.07) is 1.84. The lowest BCUT2D eigenvalue weighted by Gasteiger charge is -2.20. The van der Waals surface area contributed by atoms with Crippen LogP contribution in [0.5, 0.6) is 5.75 Å². The summed E-state index contributed by atoms with van der Waals surface area (Å²) < 4.78 is 5.49. The number of anilines is 1. The van der Waals surface area contributed by atoms with Crippen LogP contribution in [-0.2, 0) is 4.79 Å². The van der Waals surface area contributed by atoms with Gasteiger partial charge in [-0.2, -0.15) is 0 Å². The average molecular weight is 216 g/mol. The van der Waals surface area contributed by atoms with E-state index >= 15 is 0 Å². The van der Waals surface area contributed by atoms with Crippen molar-refractivity contribution in [3.05, 3.63) is 23.9 Å². The molecule has 3 heterocycles. The zero-order valence-electron chi connectivity index (χ0n) is 8.85. The van der Waals surface area contributed by atoms with Gasteiger partial charge >= 0.3 is 0 Å². The molecular weight excluding hydrogens is 204 g/mol. The maximum absolute atomic E-state index is 11.7. The maximum atomic E-state index is 11.7. The Morgan fingerprint density at radius 2 is 2.38 bits per heavy atom. The lowest BCUT2D eigenvalue weighted by molar-refractivity contribution is -0.117. The summed E-state index contributed by atoms with van der Waals surface area (Å²) in [4.78, 5) is 17.7. The Labute approximate surface area is 93.5 Å². The van der Waals surface area contributed by atoms with Crippen molar-refractivity contribution in [1.82, 2.24) is 4.98 Å². The molecule has 0 atom stereocenters. The van der Waals surface area contributed by atoms with Crippen LogP contribution < -0.4 is 9.64 Å². The summed E-state index contributed by atoms with van der Waals surface area (Å²) in [6.45, 7) is 1.35. The minimum atomic E-state index is 0.153. The molecule has 16 heavy (non-hydrogen) atoms. The highest BCUT2D eigenvalue weighted by Gasteiger charge is 2.26. The minimum Gasteiger partial charge on any atom is -0.489 e. The second-order valence-electron chi connectivity index (χ2n) is 3.91. The van der Waals surface area contributed by atoms with Gasteiger partial charge in [0.15, 0.2) is 0 Å². The van der Waals surface area contributed by atoms with Gasteiger partial charge < -0.3 is 4.74 Å². The molecule has 2 aliphatic heterocycles. The standard InChI is InChI=1S/C12H12N2O2/c15-11-4-1-7-14(11)12-9-3-2-8-16-10(9)5-6-13-12/h2-3,5-6H,1,4,7-8H2. The number of pyridine rings is 1. The van der Waals surface area contributed by atoms with E-state index in [1.165, 1.54) is 0 Å². The highest BCUT2D eigenvalue weighted by Crippen LogP contribution is 2.32. The molecule has 0 spiro atoms. The molecule has 1 fully saturated rings. The summed E-state index contributed by atoms with van der Waals surface area (Å²) in [6.07, 6.45) is 7.14. The Morgan fingerprint density at radius 3 is 3.19 bits per heavy atom. The Hall–Kier alpha value is -1.84. The van der Waals surface area contributed by atoms with Crippen LogP contribution in [0, 0.1) is 0 Å². The van der Waals surface area contributed by atoms with E-state index < -0.39 is 0 Å². The molecule has 0 unspecified atom stereocenters. The van der Waals surface area contributed by atoms with Crippen LogP contribution in [0.25, 0.3) is 6.08 Å². The molecule has 0 aliphatic carbocycles. The molecule has 4 nitrogen and oxygen atoms in total. The molecule has 1 aromatic rings. The molecule has 3 rings (SSSR count). The number of hydrogen-bond donors (Lipinski definition) is 0. The molecule has 1 amide bonds. The number of rotatable bonds is 1. The number of hydrogen-bond acceptors (Lipinski definition) is 3. The van der Waals surface area contributed by atoms with Crippen LogP contribution in [0.15, 0.2) is 18.3 Å². The molecule has 2 aliphatic rings. The molecule has 4 heteroatoms. The van der Waals surface area contributed by atoms with Crippen molar-refractivity contribution in [3.63, 3.8) is 0 Å². The normalized spacial score (nSPS) is 18.5. The number of amides is 1. The van der Waals surface area contributed by atoms with Crippen LogP contribution in [0.3, 0.4) is 0 Å². The average Bonchev–Trinajstić information content (AvgIpc) is 2.75. The van der Waals surface area contributed by atoms with E-state index in [0.29, 0.717) is 13.0 Å². The number of fused-ring (bicyclic) bond motifs is 1. The Morgan fingerprint density at radius 1 is 1.44 bits per heavy atom. The van der Waals surface area contributed by atoms with E-state index in [4.69, 9.17) is 4.74 Å². The fourth-order valence-electron chi connectivity index (χ4n) is 2.12. The number of ether oxygens (including phenoxy) is 1. The quantitative estimate of drug-likeness (QED) is 0.716. The van der Waals surface area contributed by atoms with Crippen LogP contribution in [-0.4, -0.2) is 24.0 Å². The van der Waals surface area contributed by atoms with Gasteiger partial charge in [0.25, 0.3) is 0 Å². The van der Waals surface area contributed by atoms with Crippen molar-refractivity contribution < 1.29 is 9.53 Å². The van der Waals surface area contributed by atoms with Crippen molar-refractivity contribution in [2.75, 3.05) is 18.1 Å². The van der Waals surface area contributed by atoms with E-state index in [1.807, 2.05) is 18.2 Å². The number of nitrogens with zero attached hydrogens (tertiary/aromatic N) is 2. The molecule has 0 radical (unpaired) electrons. The van der Waals surface area contributed by atoms with Crippen LogP contribution in [0.4, 0.5) is 5.82 Å². The van der Waals surface area contributed by atoms with Gasteiger partial charge in [0.1, 0.15) is 18.2 Å². The third-order valence-corrected chi connectivity index (χ3v) is 2.88. The smallest absolute Gasteiger partial charge is 0.228 e. The van der Waals surface area contributed by atoms with Crippen molar-refractivity contribution >= 4 is 17.8 Å². The van der Waals surface area contributed by atoms with Crippen molar-refractivity contribution in [2.45, 2.75) is 12.8 Å².